The van der Waals surface area contributed by atoms with Gasteiger partial charge in [0.25, 0.3) is 0 Å². The summed E-state index contributed by atoms with van der Waals surface area (Å²) in [6, 6.07) is 3.70. The van der Waals surface area contributed by atoms with Gasteiger partial charge in [-0.2, -0.15) is 0 Å². The summed E-state index contributed by atoms with van der Waals surface area (Å²) in [5.41, 5.74) is 6.80. The fraction of sp³-hybridized carbons (Fsp3) is 0.643. The summed E-state index contributed by atoms with van der Waals surface area (Å²) in [6.45, 7) is 5.16. The summed E-state index contributed by atoms with van der Waals surface area (Å²) in [4.78, 5) is 4.12. The second kappa shape index (κ2) is 10.6. The Kier molecular flexibility index (Phi) is 8.90. The molecule has 1 rings (SSSR count). The molecule has 1 aromatic heterocycles. The van der Waals surface area contributed by atoms with Crippen molar-refractivity contribution in [2.75, 3.05) is 46.8 Å². The topological polar surface area (TPSA) is 75.8 Å². The molecule has 0 aliphatic heterocycles. The van der Waals surface area contributed by atoms with E-state index >= 15 is 0 Å². The first-order chi connectivity index (χ1) is 9.74. The fourth-order valence-corrected chi connectivity index (χ4v) is 1.46. The van der Waals surface area contributed by atoms with Crippen molar-refractivity contribution in [1.82, 2.24) is 4.98 Å². The molecule has 2 N–H and O–H groups in total. The van der Waals surface area contributed by atoms with E-state index in [0.717, 1.165) is 5.56 Å². The number of ether oxygens (including phenoxy) is 4. The van der Waals surface area contributed by atoms with Crippen LogP contribution in [0.1, 0.15) is 18.5 Å². The average Bonchev–Trinajstić information content (AvgIpc) is 2.46. The van der Waals surface area contributed by atoms with Crippen molar-refractivity contribution < 1.29 is 18.9 Å². The van der Waals surface area contributed by atoms with Gasteiger partial charge in [-0.05, 0) is 18.6 Å². The molecule has 0 radical (unpaired) electrons. The Balaban J connectivity index is 2.05. The number of nitrogens with zero attached hydrogens (tertiary/aromatic N) is 1. The maximum atomic E-state index is 5.80. The molecule has 0 saturated carbocycles. The third kappa shape index (κ3) is 7.40. The minimum atomic E-state index is -0.0270. The summed E-state index contributed by atoms with van der Waals surface area (Å²) in [7, 11) is 1.64. The minimum Gasteiger partial charge on any atom is -0.475 e. The normalized spacial score (nSPS) is 12.3. The Morgan fingerprint density at radius 2 is 1.75 bits per heavy atom. The molecule has 6 heteroatoms. The van der Waals surface area contributed by atoms with Crippen LogP contribution in [0.2, 0.25) is 0 Å². The SMILES string of the molecule is COCCOCCOCCOc1cc([C@H](C)N)ccn1. The molecule has 0 aliphatic rings. The van der Waals surface area contributed by atoms with Crippen LogP contribution >= 0.6 is 0 Å². The highest BCUT2D eigenvalue weighted by molar-refractivity contribution is 5.22. The maximum absolute atomic E-state index is 5.80. The molecule has 6 nitrogen and oxygen atoms in total. The van der Waals surface area contributed by atoms with E-state index in [1.165, 1.54) is 0 Å². The monoisotopic (exact) mass is 284 g/mol. The second-order valence-corrected chi connectivity index (χ2v) is 4.28. The molecule has 0 unspecified atom stereocenters. The van der Waals surface area contributed by atoms with Gasteiger partial charge in [-0.15, -0.1) is 0 Å². The third-order valence-corrected chi connectivity index (χ3v) is 2.57. The zero-order valence-electron chi connectivity index (χ0n) is 12.2. The van der Waals surface area contributed by atoms with Crippen LogP contribution in [0.15, 0.2) is 18.3 Å². The highest BCUT2D eigenvalue weighted by atomic mass is 16.6. The molecule has 0 spiro atoms. The van der Waals surface area contributed by atoms with Gasteiger partial charge in [0.15, 0.2) is 0 Å². The molecule has 1 aromatic rings. The van der Waals surface area contributed by atoms with Gasteiger partial charge in [0.1, 0.15) is 6.61 Å². The quantitative estimate of drug-likeness (QED) is 0.615. The molecule has 0 bridgehead atoms. The second-order valence-electron chi connectivity index (χ2n) is 4.28. The van der Waals surface area contributed by atoms with E-state index in [1.54, 1.807) is 13.3 Å². The van der Waals surface area contributed by atoms with E-state index in [9.17, 15) is 0 Å². The van der Waals surface area contributed by atoms with Crippen LogP contribution in [0.3, 0.4) is 0 Å². The molecular weight excluding hydrogens is 260 g/mol. The Morgan fingerprint density at radius 1 is 1.10 bits per heavy atom. The van der Waals surface area contributed by atoms with E-state index in [1.807, 2.05) is 19.1 Å². The lowest BCUT2D eigenvalue weighted by Crippen LogP contribution is -2.13. The number of hydrogen-bond acceptors (Lipinski definition) is 6. The van der Waals surface area contributed by atoms with Gasteiger partial charge < -0.3 is 24.7 Å². The summed E-state index contributed by atoms with van der Waals surface area (Å²) < 4.78 is 21.0. The van der Waals surface area contributed by atoms with Crippen molar-refractivity contribution >= 4 is 0 Å². The smallest absolute Gasteiger partial charge is 0.213 e. The van der Waals surface area contributed by atoms with Gasteiger partial charge in [-0.25, -0.2) is 4.98 Å². The number of nitrogens with two attached hydrogens (primary N) is 1. The summed E-state index contributed by atoms with van der Waals surface area (Å²) >= 11 is 0. The Labute approximate surface area is 120 Å². The largest absolute Gasteiger partial charge is 0.475 e. The first kappa shape index (κ1) is 16.8. The summed E-state index contributed by atoms with van der Waals surface area (Å²) in [5, 5.41) is 0. The summed E-state index contributed by atoms with van der Waals surface area (Å²) in [5.74, 6) is 0.569. The molecule has 0 amide bonds. The first-order valence-corrected chi connectivity index (χ1v) is 6.72. The van der Waals surface area contributed by atoms with E-state index in [-0.39, 0.29) is 6.04 Å². The number of hydrogen-bond donors (Lipinski definition) is 1. The standard InChI is InChI=1S/C14H24N2O4/c1-12(15)13-3-4-16-14(11-13)20-10-9-19-8-7-18-6-5-17-2/h3-4,11-12H,5-10,15H2,1-2H3/t12-/m0/s1. The molecule has 0 fully saturated rings. The number of methoxy groups -OCH3 is 1. The van der Waals surface area contributed by atoms with Gasteiger partial charge in [0.05, 0.1) is 33.0 Å². The van der Waals surface area contributed by atoms with Gasteiger partial charge in [-0.3, -0.25) is 0 Å². The molecule has 1 atom stereocenters. The van der Waals surface area contributed by atoms with Gasteiger partial charge >= 0.3 is 0 Å². The van der Waals surface area contributed by atoms with Crippen molar-refractivity contribution in [2.45, 2.75) is 13.0 Å². The van der Waals surface area contributed by atoms with Gasteiger partial charge in [-0.1, -0.05) is 0 Å². The van der Waals surface area contributed by atoms with E-state index < -0.39 is 0 Å². The van der Waals surface area contributed by atoms with Crippen LogP contribution in [0, 0.1) is 0 Å². The molecular formula is C14H24N2O4. The van der Waals surface area contributed by atoms with Crippen LogP contribution in [-0.2, 0) is 14.2 Å². The van der Waals surface area contributed by atoms with E-state index in [2.05, 4.69) is 4.98 Å². The maximum Gasteiger partial charge on any atom is 0.213 e. The van der Waals surface area contributed by atoms with E-state index in [0.29, 0.717) is 45.5 Å². The highest BCUT2D eigenvalue weighted by Gasteiger charge is 2.02. The van der Waals surface area contributed by atoms with Gasteiger partial charge in [0.2, 0.25) is 5.88 Å². The number of rotatable bonds is 11. The number of pyridine rings is 1. The fourth-order valence-electron chi connectivity index (χ4n) is 1.46. The predicted octanol–water partition coefficient (Wildman–Crippen LogP) is 1.16. The Morgan fingerprint density at radius 3 is 2.40 bits per heavy atom. The summed E-state index contributed by atoms with van der Waals surface area (Å²) in [6.07, 6.45) is 1.69. The Hall–Kier alpha value is -1.21. The van der Waals surface area contributed by atoms with Crippen LogP contribution in [0.25, 0.3) is 0 Å². The van der Waals surface area contributed by atoms with Crippen molar-refractivity contribution in [2.24, 2.45) is 5.73 Å². The third-order valence-electron chi connectivity index (χ3n) is 2.57. The lowest BCUT2D eigenvalue weighted by Gasteiger charge is -2.09. The predicted molar refractivity (Wildman–Crippen MR) is 75.8 cm³/mol. The minimum absolute atomic E-state index is 0.0270. The lowest BCUT2D eigenvalue weighted by atomic mass is 10.1. The molecule has 0 aromatic carbocycles. The average molecular weight is 284 g/mol. The van der Waals surface area contributed by atoms with Crippen LogP contribution in [0.4, 0.5) is 0 Å². The highest BCUT2D eigenvalue weighted by Crippen LogP contribution is 2.14. The Bertz CT molecular complexity index is 361. The molecule has 20 heavy (non-hydrogen) atoms. The number of aromatic nitrogens is 1. The molecule has 114 valence electrons. The van der Waals surface area contributed by atoms with Crippen molar-refractivity contribution in [3.05, 3.63) is 23.9 Å². The molecule has 0 aliphatic carbocycles. The van der Waals surface area contributed by atoms with Crippen molar-refractivity contribution in [1.29, 1.82) is 0 Å². The van der Waals surface area contributed by atoms with Crippen LogP contribution in [-0.4, -0.2) is 51.7 Å². The van der Waals surface area contributed by atoms with Gasteiger partial charge in [0, 0.05) is 25.4 Å². The van der Waals surface area contributed by atoms with E-state index in [4.69, 9.17) is 24.7 Å². The molecule has 1 heterocycles. The van der Waals surface area contributed by atoms with Crippen LogP contribution in [0.5, 0.6) is 5.88 Å². The zero-order chi connectivity index (χ0) is 14.6. The van der Waals surface area contributed by atoms with Crippen LogP contribution < -0.4 is 10.5 Å². The van der Waals surface area contributed by atoms with Crippen molar-refractivity contribution in [3.63, 3.8) is 0 Å². The lowest BCUT2D eigenvalue weighted by molar-refractivity contribution is 0.0176. The molecule has 0 saturated heterocycles. The van der Waals surface area contributed by atoms with Crippen molar-refractivity contribution in [3.8, 4) is 5.88 Å². The first-order valence-electron chi connectivity index (χ1n) is 6.72. The zero-order valence-corrected chi connectivity index (χ0v) is 12.2.